The van der Waals surface area contributed by atoms with E-state index >= 15 is 0 Å². The van der Waals surface area contributed by atoms with Crippen molar-refractivity contribution in [1.82, 2.24) is 40.8 Å². The standard InChI is InChI=1S/C28H18FN9O3/c29-16-6-10-24(25(12-16)40-14-15-5-8-20-22(11-15)35-37-33-20)41-28-26(31-18-3-1-2-4-19(18)32-28)27(39)30-17-7-9-21-23(13-17)36-38-34-21/h1-13H,14H2,(H,30,39)(H,33,35,37)(H,34,36,38). The van der Waals surface area contributed by atoms with Crippen LogP contribution in [0.25, 0.3) is 33.1 Å². The molecule has 200 valence electrons. The van der Waals surface area contributed by atoms with Crippen LogP contribution in [0.15, 0.2) is 78.9 Å². The number of aromatic nitrogens is 8. The number of ether oxygens (including phenoxy) is 2. The third kappa shape index (κ3) is 4.83. The Hall–Kier alpha value is -5.98. The monoisotopic (exact) mass is 547 g/mol. The van der Waals surface area contributed by atoms with Crippen LogP contribution in [-0.2, 0) is 6.61 Å². The molecule has 1 amide bonds. The number of nitrogens with zero attached hydrogens (tertiary/aromatic N) is 6. The molecule has 0 saturated heterocycles. The van der Waals surface area contributed by atoms with Gasteiger partial charge in [-0.1, -0.05) is 28.6 Å². The van der Waals surface area contributed by atoms with Gasteiger partial charge in [-0.2, -0.15) is 0 Å². The Balaban J connectivity index is 1.21. The maximum absolute atomic E-state index is 14.3. The van der Waals surface area contributed by atoms with Gasteiger partial charge in [0.25, 0.3) is 11.8 Å². The van der Waals surface area contributed by atoms with E-state index in [1.165, 1.54) is 18.2 Å². The van der Waals surface area contributed by atoms with E-state index in [2.05, 4.69) is 46.1 Å². The molecular formula is C28H18FN9O3. The number of benzene rings is 4. The molecule has 41 heavy (non-hydrogen) atoms. The van der Waals surface area contributed by atoms with E-state index in [0.29, 0.717) is 27.8 Å². The molecule has 4 aromatic carbocycles. The molecule has 0 spiro atoms. The second-order valence-electron chi connectivity index (χ2n) is 9.01. The number of carbonyl (C=O) groups excluding carboxylic acids is 1. The number of hydrogen-bond acceptors (Lipinski definition) is 9. The molecule has 3 heterocycles. The van der Waals surface area contributed by atoms with Crippen molar-refractivity contribution in [2.45, 2.75) is 6.61 Å². The van der Waals surface area contributed by atoms with E-state index < -0.39 is 11.7 Å². The minimum atomic E-state index is -0.563. The van der Waals surface area contributed by atoms with Gasteiger partial charge in [0.15, 0.2) is 17.2 Å². The first-order valence-electron chi connectivity index (χ1n) is 12.4. The fourth-order valence-electron chi connectivity index (χ4n) is 4.23. The Labute approximate surface area is 229 Å². The molecule has 7 aromatic rings. The van der Waals surface area contributed by atoms with Crippen molar-refractivity contribution < 1.29 is 18.7 Å². The molecule has 0 radical (unpaired) electrons. The Bertz CT molecular complexity index is 2070. The number of anilines is 1. The van der Waals surface area contributed by atoms with Crippen LogP contribution >= 0.6 is 0 Å². The predicted molar refractivity (Wildman–Crippen MR) is 146 cm³/mol. The van der Waals surface area contributed by atoms with Crippen LogP contribution < -0.4 is 14.8 Å². The fraction of sp³-hybridized carbons (Fsp3) is 0.0357. The lowest BCUT2D eigenvalue weighted by atomic mass is 10.2. The molecule has 7 rings (SSSR count). The first-order chi connectivity index (χ1) is 20.1. The summed E-state index contributed by atoms with van der Waals surface area (Å²) < 4.78 is 26.3. The SMILES string of the molecule is O=C(Nc1ccc2[nH]nnc2c1)c1nc2ccccc2nc1Oc1ccc(F)cc1OCc1ccc2[nH]nnc2c1. The van der Waals surface area contributed by atoms with Gasteiger partial charge in [-0.3, -0.25) is 15.0 Å². The molecule has 0 fully saturated rings. The van der Waals surface area contributed by atoms with E-state index in [9.17, 15) is 9.18 Å². The van der Waals surface area contributed by atoms with Crippen LogP contribution in [0.3, 0.4) is 0 Å². The number of nitrogens with one attached hydrogen (secondary N) is 3. The summed E-state index contributed by atoms with van der Waals surface area (Å²) >= 11 is 0. The summed E-state index contributed by atoms with van der Waals surface area (Å²) in [5.74, 6) is -0.902. The molecule has 12 nitrogen and oxygen atoms in total. The van der Waals surface area contributed by atoms with Crippen molar-refractivity contribution in [3.8, 4) is 17.4 Å². The average Bonchev–Trinajstić information content (AvgIpc) is 3.66. The first-order valence-corrected chi connectivity index (χ1v) is 12.4. The van der Waals surface area contributed by atoms with Crippen molar-refractivity contribution in [2.24, 2.45) is 0 Å². The lowest BCUT2D eigenvalue weighted by molar-refractivity contribution is 0.101. The normalized spacial score (nSPS) is 11.2. The van der Waals surface area contributed by atoms with Gasteiger partial charge in [0, 0.05) is 11.8 Å². The van der Waals surface area contributed by atoms with Gasteiger partial charge in [0.2, 0.25) is 0 Å². The van der Waals surface area contributed by atoms with Crippen LogP contribution in [0.5, 0.6) is 17.4 Å². The van der Waals surface area contributed by atoms with Crippen LogP contribution in [0.2, 0.25) is 0 Å². The molecule has 0 saturated carbocycles. The number of amides is 1. The molecule has 0 bridgehead atoms. The van der Waals surface area contributed by atoms with Gasteiger partial charge in [-0.25, -0.2) is 14.4 Å². The number of halogens is 1. The molecule has 0 unspecified atom stereocenters. The van der Waals surface area contributed by atoms with Gasteiger partial charge in [-0.15, -0.1) is 10.2 Å². The van der Waals surface area contributed by atoms with Crippen molar-refractivity contribution in [2.75, 3.05) is 5.32 Å². The van der Waals surface area contributed by atoms with Crippen LogP contribution in [0.4, 0.5) is 10.1 Å². The van der Waals surface area contributed by atoms with E-state index in [4.69, 9.17) is 9.47 Å². The second kappa shape index (κ2) is 9.96. The van der Waals surface area contributed by atoms with Gasteiger partial charge in [0.05, 0.1) is 22.1 Å². The third-order valence-corrected chi connectivity index (χ3v) is 6.23. The summed E-state index contributed by atoms with van der Waals surface area (Å²) in [5.41, 5.74) is 4.96. The Kier molecular flexibility index (Phi) is 5.85. The summed E-state index contributed by atoms with van der Waals surface area (Å²) in [6.07, 6.45) is 0. The van der Waals surface area contributed by atoms with Gasteiger partial charge < -0.3 is 14.8 Å². The average molecular weight is 548 g/mol. The number of hydrogen-bond donors (Lipinski definition) is 3. The summed E-state index contributed by atoms with van der Waals surface area (Å²) in [7, 11) is 0. The fourth-order valence-corrected chi connectivity index (χ4v) is 4.23. The van der Waals surface area contributed by atoms with Crippen molar-refractivity contribution in [1.29, 1.82) is 0 Å². The van der Waals surface area contributed by atoms with E-state index in [-0.39, 0.29) is 29.7 Å². The first kappa shape index (κ1) is 24.1. The van der Waals surface area contributed by atoms with Gasteiger partial charge >= 0.3 is 0 Å². The van der Waals surface area contributed by atoms with Crippen molar-refractivity contribution >= 4 is 44.7 Å². The molecule has 3 N–H and O–H groups in total. The Morgan fingerprint density at radius 3 is 2.32 bits per heavy atom. The maximum atomic E-state index is 14.3. The largest absolute Gasteiger partial charge is 0.485 e. The number of carbonyl (C=O) groups is 1. The second-order valence-corrected chi connectivity index (χ2v) is 9.01. The molecular weight excluding hydrogens is 529 g/mol. The minimum absolute atomic E-state index is 0.0734. The van der Waals surface area contributed by atoms with E-state index in [1.54, 1.807) is 42.5 Å². The number of aromatic amines is 2. The zero-order valence-corrected chi connectivity index (χ0v) is 21.0. The number of H-pyrrole nitrogens is 2. The molecule has 0 aliphatic carbocycles. The zero-order chi connectivity index (χ0) is 27.8. The van der Waals surface area contributed by atoms with Crippen molar-refractivity contribution in [3.63, 3.8) is 0 Å². The summed E-state index contributed by atoms with van der Waals surface area (Å²) in [6, 6.07) is 21.5. The Morgan fingerprint density at radius 1 is 0.780 bits per heavy atom. The van der Waals surface area contributed by atoms with Crippen molar-refractivity contribution in [3.05, 3.63) is 95.9 Å². The number of rotatable bonds is 7. The number of fused-ring (bicyclic) bond motifs is 3. The summed E-state index contributed by atoms with van der Waals surface area (Å²) in [4.78, 5) is 22.5. The summed E-state index contributed by atoms with van der Waals surface area (Å²) in [6.45, 7) is 0.101. The van der Waals surface area contributed by atoms with Crippen LogP contribution in [0, 0.1) is 5.82 Å². The van der Waals surface area contributed by atoms with Gasteiger partial charge in [-0.05, 0) is 60.2 Å². The van der Waals surface area contributed by atoms with Gasteiger partial charge in [0.1, 0.15) is 23.5 Å². The lowest BCUT2D eigenvalue weighted by Crippen LogP contribution is -2.16. The third-order valence-electron chi connectivity index (χ3n) is 6.23. The van der Waals surface area contributed by atoms with Crippen LogP contribution in [-0.4, -0.2) is 46.7 Å². The summed E-state index contributed by atoms with van der Waals surface area (Å²) in [5, 5.41) is 23.9. The molecule has 0 aliphatic rings. The Morgan fingerprint density at radius 2 is 1.51 bits per heavy atom. The smallest absolute Gasteiger partial charge is 0.279 e. The zero-order valence-electron chi connectivity index (χ0n) is 21.0. The minimum Gasteiger partial charge on any atom is -0.485 e. The molecule has 0 aliphatic heterocycles. The molecule has 0 atom stereocenters. The number of para-hydroxylation sites is 2. The topological polar surface area (TPSA) is 156 Å². The molecule has 3 aromatic heterocycles. The highest BCUT2D eigenvalue weighted by atomic mass is 19.1. The van der Waals surface area contributed by atoms with E-state index in [0.717, 1.165) is 16.6 Å². The maximum Gasteiger partial charge on any atom is 0.279 e. The van der Waals surface area contributed by atoms with Crippen LogP contribution in [0.1, 0.15) is 16.1 Å². The molecule has 13 heteroatoms. The van der Waals surface area contributed by atoms with E-state index in [1.807, 2.05) is 18.2 Å². The lowest BCUT2D eigenvalue weighted by Gasteiger charge is -2.15. The highest BCUT2D eigenvalue weighted by Crippen LogP contribution is 2.34. The highest BCUT2D eigenvalue weighted by Gasteiger charge is 2.21. The quantitative estimate of drug-likeness (QED) is 0.252. The highest BCUT2D eigenvalue weighted by molar-refractivity contribution is 6.06. The predicted octanol–water partition coefficient (Wildman–Crippen LogP) is 4.94.